The van der Waals surface area contributed by atoms with Crippen LogP contribution in [0.15, 0.2) is 29.3 Å². The van der Waals surface area contributed by atoms with E-state index in [9.17, 15) is 8.42 Å². The van der Waals surface area contributed by atoms with Crippen molar-refractivity contribution in [1.29, 1.82) is 0 Å². The lowest BCUT2D eigenvalue weighted by molar-refractivity contribution is 0.577. The van der Waals surface area contributed by atoms with Crippen molar-refractivity contribution in [3.8, 4) is 0 Å². The molecule has 0 unspecified atom stereocenters. The monoisotopic (exact) mass is 314 g/mol. The number of hydrogen-bond donors (Lipinski definition) is 2. The zero-order valence-electron chi connectivity index (χ0n) is 11.1. The Labute approximate surface area is 122 Å². The van der Waals surface area contributed by atoms with Crippen LogP contribution in [0, 0.1) is 6.92 Å². The fraction of sp³-hybridized carbons (Fsp3) is 0.250. The predicted octanol–water partition coefficient (Wildman–Crippen LogP) is 1.44. The van der Waals surface area contributed by atoms with E-state index in [-0.39, 0.29) is 17.1 Å². The van der Waals surface area contributed by atoms with Gasteiger partial charge >= 0.3 is 0 Å². The van der Waals surface area contributed by atoms with Gasteiger partial charge in [0.2, 0.25) is 10.0 Å². The van der Waals surface area contributed by atoms with E-state index in [0.29, 0.717) is 10.6 Å². The van der Waals surface area contributed by atoms with Gasteiger partial charge in [0.15, 0.2) is 0 Å². The highest BCUT2D eigenvalue weighted by Crippen LogP contribution is 2.26. The van der Waals surface area contributed by atoms with Crippen molar-refractivity contribution in [1.82, 2.24) is 14.5 Å². The summed E-state index contributed by atoms with van der Waals surface area (Å²) in [5.41, 5.74) is 7.31. The van der Waals surface area contributed by atoms with Gasteiger partial charge in [-0.25, -0.2) is 13.1 Å². The van der Waals surface area contributed by atoms with E-state index in [1.54, 1.807) is 30.9 Å². The molecule has 6 nitrogen and oxygen atoms in total. The molecule has 8 heteroatoms. The number of nitrogens with zero attached hydrogens (tertiary/aromatic N) is 2. The summed E-state index contributed by atoms with van der Waals surface area (Å²) in [5, 5.41) is 4.35. The maximum absolute atomic E-state index is 12.2. The number of nitrogens with one attached hydrogen (secondary N) is 1. The number of aryl methyl sites for hydroxylation is 2. The number of halogens is 1. The number of rotatable bonds is 4. The number of nitrogens with two attached hydrogens (primary N) is 1. The van der Waals surface area contributed by atoms with Gasteiger partial charge < -0.3 is 5.73 Å². The highest BCUT2D eigenvalue weighted by atomic mass is 35.5. The molecule has 1 aromatic carbocycles. The van der Waals surface area contributed by atoms with E-state index in [2.05, 4.69) is 9.82 Å². The molecule has 0 aliphatic heterocycles. The number of aromatic nitrogens is 2. The Hall–Kier alpha value is -1.57. The molecule has 0 spiro atoms. The van der Waals surface area contributed by atoms with Crippen molar-refractivity contribution < 1.29 is 8.42 Å². The van der Waals surface area contributed by atoms with Gasteiger partial charge in [0.25, 0.3) is 0 Å². The normalized spacial score (nSPS) is 11.8. The van der Waals surface area contributed by atoms with Crippen LogP contribution in [-0.2, 0) is 23.6 Å². The highest BCUT2D eigenvalue weighted by molar-refractivity contribution is 7.89. The van der Waals surface area contributed by atoms with Crippen molar-refractivity contribution in [2.24, 2.45) is 7.05 Å². The molecule has 0 amide bonds. The number of anilines is 1. The predicted molar refractivity (Wildman–Crippen MR) is 77.8 cm³/mol. The SMILES string of the molecule is Cc1cc(S(=O)(=O)NCc2ccnn2C)cc(N)c1Cl. The van der Waals surface area contributed by atoms with E-state index in [1.807, 2.05) is 0 Å². The molecule has 108 valence electrons. The summed E-state index contributed by atoms with van der Waals surface area (Å²) in [4.78, 5) is 0.0964. The Bertz CT molecular complexity index is 717. The van der Waals surface area contributed by atoms with Crippen LogP contribution in [0.1, 0.15) is 11.3 Å². The molecule has 0 saturated heterocycles. The Morgan fingerprint density at radius 2 is 2.15 bits per heavy atom. The summed E-state index contributed by atoms with van der Waals surface area (Å²) in [5.74, 6) is 0. The minimum atomic E-state index is -3.64. The van der Waals surface area contributed by atoms with Crippen LogP contribution < -0.4 is 10.5 Å². The molecule has 2 rings (SSSR count). The van der Waals surface area contributed by atoms with Gasteiger partial charge in [-0.3, -0.25) is 4.68 Å². The average molecular weight is 315 g/mol. The van der Waals surface area contributed by atoms with Gasteiger partial charge in [-0.1, -0.05) is 11.6 Å². The molecule has 1 heterocycles. The first kappa shape index (κ1) is 14.8. The van der Waals surface area contributed by atoms with Crippen molar-refractivity contribution in [2.75, 3.05) is 5.73 Å². The zero-order valence-corrected chi connectivity index (χ0v) is 12.7. The second-order valence-corrected chi connectivity index (χ2v) is 6.56. The number of sulfonamides is 1. The van der Waals surface area contributed by atoms with Crippen molar-refractivity contribution in [3.05, 3.63) is 40.7 Å². The third kappa shape index (κ3) is 2.95. The summed E-state index contributed by atoms with van der Waals surface area (Å²) in [6.45, 7) is 1.86. The first-order valence-corrected chi connectivity index (χ1v) is 7.69. The quantitative estimate of drug-likeness (QED) is 0.836. The van der Waals surface area contributed by atoms with Crippen LogP contribution in [-0.4, -0.2) is 18.2 Å². The molecular weight excluding hydrogens is 300 g/mol. The zero-order chi connectivity index (χ0) is 14.9. The third-order valence-electron chi connectivity index (χ3n) is 2.93. The first-order valence-electron chi connectivity index (χ1n) is 5.83. The van der Waals surface area contributed by atoms with Crippen molar-refractivity contribution >= 4 is 27.3 Å². The van der Waals surface area contributed by atoms with Gasteiger partial charge in [0.1, 0.15) is 0 Å². The maximum atomic E-state index is 12.2. The topological polar surface area (TPSA) is 90.0 Å². The molecule has 0 bridgehead atoms. The minimum Gasteiger partial charge on any atom is -0.397 e. The average Bonchev–Trinajstić information content (AvgIpc) is 2.78. The molecule has 0 aliphatic rings. The third-order valence-corrected chi connectivity index (χ3v) is 4.83. The number of nitrogen functional groups attached to an aromatic ring is 1. The highest BCUT2D eigenvalue weighted by Gasteiger charge is 2.17. The molecule has 2 aromatic rings. The first-order chi connectivity index (χ1) is 9.31. The van der Waals surface area contributed by atoms with Crippen LogP contribution >= 0.6 is 11.6 Å². The Balaban J connectivity index is 2.25. The number of benzene rings is 1. The molecule has 3 N–H and O–H groups in total. The van der Waals surface area contributed by atoms with E-state index in [4.69, 9.17) is 17.3 Å². The van der Waals surface area contributed by atoms with Gasteiger partial charge in [-0.15, -0.1) is 0 Å². The lowest BCUT2D eigenvalue weighted by Gasteiger charge is -2.10. The summed E-state index contributed by atoms with van der Waals surface area (Å²) in [6, 6.07) is 4.58. The Morgan fingerprint density at radius 1 is 1.45 bits per heavy atom. The molecule has 0 saturated carbocycles. The van der Waals surface area contributed by atoms with Crippen molar-refractivity contribution in [3.63, 3.8) is 0 Å². The number of hydrogen-bond acceptors (Lipinski definition) is 4. The molecule has 0 radical (unpaired) electrons. The largest absolute Gasteiger partial charge is 0.397 e. The van der Waals surface area contributed by atoms with E-state index >= 15 is 0 Å². The van der Waals surface area contributed by atoms with Gasteiger partial charge in [0, 0.05) is 13.2 Å². The molecular formula is C12H15ClN4O2S. The van der Waals surface area contributed by atoms with E-state index in [0.717, 1.165) is 5.69 Å². The fourth-order valence-corrected chi connectivity index (χ4v) is 2.97. The lowest BCUT2D eigenvalue weighted by Crippen LogP contribution is -2.24. The fourth-order valence-electron chi connectivity index (χ4n) is 1.74. The van der Waals surface area contributed by atoms with Gasteiger partial charge in [0.05, 0.1) is 27.8 Å². The molecule has 0 fully saturated rings. The standard InChI is InChI=1S/C12H15ClN4O2S/c1-8-5-10(6-11(14)12(8)13)20(18,19)16-7-9-3-4-15-17(9)2/h3-6,16H,7,14H2,1-2H3. The van der Waals surface area contributed by atoms with Gasteiger partial charge in [-0.05, 0) is 30.7 Å². The van der Waals surface area contributed by atoms with Gasteiger partial charge in [-0.2, -0.15) is 5.10 Å². The summed E-state index contributed by atoms with van der Waals surface area (Å²) < 4.78 is 28.5. The van der Waals surface area contributed by atoms with E-state index in [1.165, 1.54) is 12.1 Å². The molecule has 1 aromatic heterocycles. The van der Waals surface area contributed by atoms with Crippen molar-refractivity contribution in [2.45, 2.75) is 18.4 Å². The Morgan fingerprint density at radius 3 is 2.70 bits per heavy atom. The molecule has 20 heavy (non-hydrogen) atoms. The smallest absolute Gasteiger partial charge is 0.241 e. The second-order valence-electron chi connectivity index (χ2n) is 4.41. The lowest BCUT2D eigenvalue weighted by atomic mass is 10.2. The summed E-state index contributed by atoms with van der Waals surface area (Å²) >= 11 is 5.93. The minimum absolute atomic E-state index is 0.0964. The van der Waals surface area contributed by atoms with Crippen LogP contribution in [0.5, 0.6) is 0 Å². The Kier molecular flexibility index (Phi) is 4.03. The summed E-state index contributed by atoms with van der Waals surface area (Å²) in [6.07, 6.45) is 1.61. The molecule has 0 atom stereocenters. The second kappa shape index (κ2) is 5.43. The molecule has 0 aliphatic carbocycles. The van der Waals surface area contributed by atoms with E-state index < -0.39 is 10.0 Å². The maximum Gasteiger partial charge on any atom is 0.241 e. The van der Waals surface area contributed by atoms with Crippen LogP contribution in [0.3, 0.4) is 0 Å². The van der Waals surface area contributed by atoms with Crippen LogP contribution in [0.2, 0.25) is 5.02 Å². The van der Waals surface area contributed by atoms with Crippen LogP contribution in [0.4, 0.5) is 5.69 Å². The van der Waals surface area contributed by atoms with Crippen LogP contribution in [0.25, 0.3) is 0 Å². The summed E-state index contributed by atoms with van der Waals surface area (Å²) in [7, 11) is -1.90.